The van der Waals surface area contributed by atoms with Gasteiger partial charge in [-0.25, -0.2) is 9.37 Å². The van der Waals surface area contributed by atoms with Gasteiger partial charge in [0.1, 0.15) is 5.78 Å². The molecule has 0 spiro atoms. The van der Waals surface area contributed by atoms with Crippen LogP contribution in [-0.2, 0) is 9.59 Å². The van der Waals surface area contributed by atoms with E-state index in [1.807, 2.05) is 4.58 Å². The molecule has 3 aliphatic heterocycles. The van der Waals surface area contributed by atoms with Crippen molar-refractivity contribution in [1.82, 2.24) is 14.7 Å². The third-order valence-electron chi connectivity index (χ3n) is 5.84. The summed E-state index contributed by atoms with van der Waals surface area (Å²) < 4.78 is 2.03. The van der Waals surface area contributed by atoms with Crippen LogP contribution in [0.15, 0.2) is 4.99 Å². The number of carbonyl (C=O) groups excluding carboxylic acids is 3. The monoisotopic (exact) mass is 360 g/mol. The average Bonchev–Trinajstić information content (AvgIpc) is 3.04. The number of Topliss-reactive ketones (excluding diaryl/α,β-unsaturated/α-hetero) is 1. The van der Waals surface area contributed by atoms with Gasteiger partial charge < -0.3 is 0 Å². The highest BCUT2D eigenvalue weighted by molar-refractivity contribution is 6.23. The van der Waals surface area contributed by atoms with Crippen molar-refractivity contribution in [3.63, 3.8) is 0 Å². The van der Waals surface area contributed by atoms with Crippen molar-refractivity contribution in [2.75, 3.05) is 26.7 Å². The van der Waals surface area contributed by atoms with Gasteiger partial charge in [-0.3, -0.25) is 24.3 Å². The lowest BCUT2D eigenvalue weighted by molar-refractivity contribution is -0.545. The Hall–Kier alpha value is -2.25. The molecule has 8 heteroatoms. The summed E-state index contributed by atoms with van der Waals surface area (Å²) in [5, 5.41) is 0. The van der Waals surface area contributed by atoms with E-state index in [1.165, 1.54) is 31.1 Å². The molecule has 0 N–H and O–H groups in total. The van der Waals surface area contributed by atoms with E-state index in [9.17, 15) is 14.4 Å². The Morgan fingerprint density at radius 3 is 2.62 bits per heavy atom. The molecule has 4 rings (SSSR count). The first-order chi connectivity index (χ1) is 12.5. The number of amidine groups is 1. The number of amides is 3. The summed E-state index contributed by atoms with van der Waals surface area (Å²) in [6.45, 7) is 2.91. The van der Waals surface area contributed by atoms with Gasteiger partial charge in [-0.1, -0.05) is 24.3 Å². The largest absolute Gasteiger partial charge is 0.392 e. The quantitative estimate of drug-likeness (QED) is 0.693. The average molecular weight is 360 g/mol. The van der Waals surface area contributed by atoms with Crippen molar-refractivity contribution in [2.24, 2.45) is 4.99 Å². The predicted molar refractivity (Wildman–Crippen MR) is 95.1 cm³/mol. The lowest BCUT2D eigenvalue weighted by Crippen LogP contribution is -2.64. The summed E-state index contributed by atoms with van der Waals surface area (Å²) in [4.78, 5) is 46.7. The molecule has 8 nitrogen and oxygen atoms in total. The number of urea groups is 1. The van der Waals surface area contributed by atoms with Crippen LogP contribution in [-0.4, -0.2) is 87.6 Å². The third-order valence-corrected chi connectivity index (χ3v) is 5.84. The normalized spacial score (nSPS) is 26.9. The Morgan fingerprint density at radius 1 is 1.19 bits per heavy atom. The van der Waals surface area contributed by atoms with Crippen molar-refractivity contribution in [3.05, 3.63) is 0 Å². The van der Waals surface area contributed by atoms with Crippen LogP contribution in [0.1, 0.15) is 45.4 Å². The Balaban J connectivity index is 1.68. The molecule has 0 bridgehead atoms. The zero-order chi connectivity index (χ0) is 18.4. The number of guanidine groups is 1. The Labute approximate surface area is 153 Å². The van der Waals surface area contributed by atoms with Gasteiger partial charge in [0.15, 0.2) is 0 Å². The smallest absolute Gasteiger partial charge is 0.298 e. The number of fused-ring (bicyclic) bond motifs is 2. The number of carbonyl (C=O) groups is 3. The first-order valence-corrected chi connectivity index (χ1v) is 9.56. The Bertz CT molecular complexity index is 722. The molecule has 1 aliphatic carbocycles. The molecule has 2 fully saturated rings. The summed E-state index contributed by atoms with van der Waals surface area (Å²) in [6.07, 6.45) is 7.04. The van der Waals surface area contributed by atoms with E-state index >= 15 is 0 Å². The van der Waals surface area contributed by atoms with Gasteiger partial charge in [0.25, 0.3) is 5.91 Å². The van der Waals surface area contributed by atoms with Crippen molar-refractivity contribution < 1.29 is 19.0 Å². The molecule has 26 heavy (non-hydrogen) atoms. The number of hydrogen-bond acceptors (Lipinski definition) is 5. The minimum absolute atomic E-state index is 0.179. The fourth-order valence-corrected chi connectivity index (χ4v) is 4.58. The van der Waals surface area contributed by atoms with Gasteiger partial charge in [-0.05, 0) is 19.8 Å². The van der Waals surface area contributed by atoms with Crippen molar-refractivity contribution in [1.29, 1.82) is 0 Å². The summed E-state index contributed by atoms with van der Waals surface area (Å²) in [5.41, 5.74) is 0. The molecule has 4 aliphatic rings. The second-order valence-corrected chi connectivity index (χ2v) is 7.67. The van der Waals surface area contributed by atoms with E-state index in [0.29, 0.717) is 11.9 Å². The number of aliphatic imine (C=N–C) groups is 1. The van der Waals surface area contributed by atoms with Crippen molar-refractivity contribution in [3.8, 4) is 0 Å². The van der Waals surface area contributed by atoms with Crippen LogP contribution in [0.2, 0.25) is 0 Å². The molecule has 0 aromatic carbocycles. The minimum Gasteiger partial charge on any atom is -0.298 e. The first kappa shape index (κ1) is 17.2. The van der Waals surface area contributed by atoms with Gasteiger partial charge in [0.2, 0.25) is 11.9 Å². The maximum Gasteiger partial charge on any atom is 0.392 e. The molecule has 1 atom stereocenters. The topological polar surface area (TPSA) is 76.3 Å². The molecule has 140 valence electrons. The highest BCUT2D eigenvalue weighted by Gasteiger charge is 2.54. The second kappa shape index (κ2) is 6.48. The summed E-state index contributed by atoms with van der Waals surface area (Å²) in [6, 6.07) is -0.584. The number of nitrogens with zero attached hydrogens (tertiary/aromatic N) is 5. The fourth-order valence-electron chi connectivity index (χ4n) is 4.58. The Morgan fingerprint density at radius 2 is 1.92 bits per heavy atom. The van der Waals surface area contributed by atoms with Gasteiger partial charge in [0.05, 0.1) is 25.7 Å². The zero-order valence-corrected chi connectivity index (χ0v) is 15.5. The van der Waals surface area contributed by atoms with Crippen molar-refractivity contribution >= 4 is 29.5 Å². The van der Waals surface area contributed by atoms with Gasteiger partial charge >= 0.3 is 12.0 Å². The van der Waals surface area contributed by atoms with E-state index in [4.69, 9.17) is 4.99 Å². The number of imide groups is 1. The van der Waals surface area contributed by atoms with Gasteiger partial charge in [-0.2, -0.15) is 0 Å². The molecule has 1 saturated carbocycles. The van der Waals surface area contributed by atoms with E-state index in [1.54, 1.807) is 7.05 Å². The summed E-state index contributed by atoms with van der Waals surface area (Å²) in [5.74, 6) is 0.797. The molecule has 1 unspecified atom stereocenters. The molecule has 0 radical (unpaired) electrons. The van der Waals surface area contributed by atoms with E-state index < -0.39 is 12.1 Å². The number of likely N-dealkylation sites (N-methyl/N-ethyl adjacent to an activating group) is 1. The molecule has 0 aromatic heterocycles. The zero-order valence-electron chi connectivity index (χ0n) is 15.5. The third kappa shape index (κ3) is 2.62. The van der Waals surface area contributed by atoms with E-state index in [2.05, 4.69) is 4.90 Å². The lowest BCUT2D eigenvalue weighted by Gasteiger charge is -2.35. The number of hydrogen-bond donors (Lipinski definition) is 0. The Kier molecular flexibility index (Phi) is 4.28. The van der Waals surface area contributed by atoms with Crippen LogP contribution < -0.4 is 0 Å². The molecule has 3 amide bonds. The molecule has 1 saturated heterocycles. The van der Waals surface area contributed by atoms with E-state index in [0.717, 1.165) is 43.2 Å². The highest BCUT2D eigenvalue weighted by atomic mass is 16.2. The highest BCUT2D eigenvalue weighted by Crippen LogP contribution is 2.28. The second-order valence-electron chi connectivity index (χ2n) is 7.67. The number of ketones is 1. The SMILES string of the molecule is CC(=O)CN1C(=O)C2C(=NC3=[N+]2CCCN3C2CCCCC2)N(C)C1=O. The fraction of sp³-hybridized carbons (Fsp3) is 0.722. The molecule has 0 aromatic rings. The predicted octanol–water partition coefficient (Wildman–Crippen LogP) is 0.657. The standard InChI is InChI=1S/C18H26N5O3/c1-12(24)11-23-16(25)14-15(20(2)18(23)26)19-17-21(9-6-10-22(14)17)13-7-4-3-5-8-13/h13-14H,3-11H2,1-2H3/q+1. The molecule has 3 heterocycles. The van der Waals surface area contributed by atoms with Crippen LogP contribution >= 0.6 is 0 Å². The molecular formula is C18H26N5O3+. The van der Waals surface area contributed by atoms with E-state index in [-0.39, 0.29) is 18.2 Å². The summed E-state index contributed by atoms with van der Waals surface area (Å²) in [7, 11) is 1.64. The van der Waals surface area contributed by atoms with Crippen LogP contribution in [0.4, 0.5) is 4.79 Å². The minimum atomic E-state index is -0.585. The van der Waals surface area contributed by atoms with Gasteiger partial charge in [-0.15, -0.1) is 0 Å². The van der Waals surface area contributed by atoms with Crippen LogP contribution in [0.25, 0.3) is 0 Å². The summed E-state index contributed by atoms with van der Waals surface area (Å²) >= 11 is 0. The van der Waals surface area contributed by atoms with Gasteiger partial charge in [0, 0.05) is 13.5 Å². The van der Waals surface area contributed by atoms with Crippen molar-refractivity contribution in [2.45, 2.75) is 57.5 Å². The molecular weight excluding hydrogens is 334 g/mol. The lowest BCUT2D eigenvalue weighted by atomic mass is 9.94. The number of rotatable bonds is 3. The van der Waals surface area contributed by atoms with Crippen LogP contribution in [0.3, 0.4) is 0 Å². The van der Waals surface area contributed by atoms with Crippen LogP contribution in [0, 0.1) is 0 Å². The maximum absolute atomic E-state index is 13.0. The first-order valence-electron chi connectivity index (χ1n) is 9.56. The maximum atomic E-state index is 13.0. The van der Waals surface area contributed by atoms with Crippen LogP contribution in [0.5, 0.6) is 0 Å².